The molecule has 11 heteroatoms. The molecule has 1 N–H and O–H groups in total. The third-order valence-electron chi connectivity index (χ3n) is 6.07. The van der Waals surface area contributed by atoms with Crippen molar-refractivity contribution in [3.63, 3.8) is 0 Å². The summed E-state index contributed by atoms with van der Waals surface area (Å²) in [7, 11) is -2.55. The van der Waals surface area contributed by atoms with E-state index in [4.69, 9.17) is 4.74 Å². The second-order valence-electron chi connectivity index (χ2n) is 8.98. The summed E-state index contributed by atoms with van der Waals surface area (Å²) in [5.41, 5.74) is 2.06. The van der Waals surface area contributed by atoms with Gasteiger partial charge < -0.3 is 9.64 Å². The highest BCUT2D eigenvalue weighted by atomic mass is 32.2. The van der Waals surface area contributed by atoms with Gasteiger partial charge >= 0.3 is 5.97 Å². The average Bonchev–Trinajstić information content (AvgIpc) is 3.42. The van der Waals surface area contributed by atoms with Gasteiger partial charge in [-0.3, -0.25) is 9.89 Å². The van der Waals surface area contributed by atoms with Crippen molar-refractivity contribution in [2.24, 2.45) is 5.92 Å². The van der Waals surface area contributed by atoms with Gasteiger partial charge in [0.15, 0.2) is 0 Å². The summed E-state index contributed by atoms with van der Waals surface area (Å²) < 4.78 is 33.3. The number of hydrogen-bond acceptors (Lipinski definition) is 7. The number of carbonyl (C=O) groups is 2. The van der Waals surface area contributed by atoms with E-state index >= 15 is 0 Å². The third kappa shape index (κ3) is 4.71. The van der Waals surface area contributed by atoms with E-state index in [0.717, 1.165) is 42.7 Å². The first-order valence-electron chi connectivity index (χ1n) is 11.3. The number of methoxy groups -OCH3 is 1. The van der Waals surface area contributed by atoms with Crippen molar-refractivity contribution < 1.29 is 22.7 Å². The molecule has 4 heterocycles. The Hall–Kier alpha value is -2.24. The molecule has 0 aliphatic carbocycles. The Morgan fingerprint density at radius 3 is 2.61 bits per heavy atom. The number of carbonyl (C=O) groups excluding carboxylic acids is 2. The van der Waals surface area contributed by atoms with E-state index in [2.05, 4.69) is 24.0 Å². The molecule has 0 atom stereocenters. The highest BCUT2D eigenvalue weighted by Crippen LogP contribution is 2.38. The average molecular weight is 495 g/mol. The minimum atomic E-state index is -3.81. The van der Waals surface area contributed by atoms with Crippen molar-refractivity contribution in [2.75, 3.05) is 26.7 Å². The van der Waals surface area contributed by atoms with Crippen molar-refractivity contribution >= 4 is 33.2 Å². The van der Waals surface area contributed by atoms with Crippen molar-refractivity contribution in [3.05, 3.63) is 33.5 Å². The lowest BCUT2D eigenvalue weighted by atomic mass is 10.0. The number of piperidine rings is 1. The summed E-state index contributed by atoms with van der Waals surface area (Å²) in [6.07, 6.45) is 3.81. The SMILES string of the molecule is COC(=O)c1c(S(=O)(=O)N2CCCCC2)sc2c1CCN(C(=O)c1cc(CC(C)C)[nH]n1)C2. The Labute approximate surface area is 198 Å². The lowest BCUT2D eigenvalue weighted by molar-refractivity contribution is 0.0595. The molecule has 1 amide bonds. The molecule has 1 fully saturated rings. The van der Waals surface area contributed by atoms with Crippen LogP contribution in [0.5, 0.6) is 0 Å². The highest BCUT2D eigenvalue weighted by molar-refractivity contribution is 7.91. The van der Waals surface area contributed by atoms with Crippen LogP contribution in [0.2, 0.25) is 0 Å². The minimum absolute atomic E-state index is 0.0366. The molecule has 33 heavy (non-hydrogen) atoms. The van der Waals surface area contributed by atoms with Gasteiger partial charge in [-0.05, 0) is 43.2 Å². The minimum Gasteiger partial charge on any atom is -0.465 e. The first-order valence-corrected chi connectivity index (χ1v) is 13.5. The maximum Gasteiger partial charge on any atom is 0.340 e. The fourth-order valence-electron chi connectivity index (χ4n) is 4.44. The van der Waals surface area contributed by atoms with Gasteiger partial charge in [0.05, 0.1) is 19.2 Å². The van der Waals surface area contributed by atoms with E-state index in [0.29, 0.717) is 48.1 Å². The summed E-state index contributed by atoms with van der Waals surface area (Å²) in [6.45, 7) is 5.72. The molecule has 0 spiro atoms. The van der Waals surface area contributed by atoms with Gasteiger partial charge in [-0.25, -0.2) is 13.2 Å². The monoisotopic (exact) mass is 494 g/mol. The highest BCUT2D eigenvalue weighted by Gasteiger charge is 2.38. The second kappa shape index (κ2) is 9.55. The normalized spacial score (nSPS) is 17.3. The summed E-state index contributed by atoms with van der Waals surface area (Å²) in [5.74, 6) is -0.414. The molecule has 0 saturated carbocycles. The number of esters is 1. The lowest BCUT2D eigenvalue weighted by Crippen LogP contribution is -2.36. The molecular formula is C22H30N4O5S2. The topological polar surface area (TPSA) is 113 Å². The molecular weight excluding hydrogens is 464 g/mol. The molecule has 9 nitrogen and oxygen atoms in total. The molecule has 180 valence electrons. The Balaban J connectivity index is 1.63. The zero-order valence-electron chi connectivity index (χ0n) is 19.2. The van der Waals surface area contributed by atoms with E-state index < -0.39 is 16.0 Å². The van der Waals surface area contributed by atoms with Crippen LogP contribution in [0.4, 0.5) is 0 Å². The van der Waals surface area contributed by atoms with Gasteiger partial charge in [-0.15, -0.1) is 11.3 Å². The Kier molecular flexibility index (Phi) is 6.92. The van der Waals surface area contributed by atoms with Crippen molar-refractivity contribution in [2.45, 2.75) is 56.7 Å². The fraction of sp³-hybridized carbons (Fsp3) is 0.591. The van der Waals surface area contributed by atoms with Crippen LogP contribution in [-0.4, -0.2) is 66.4 Å². The van der Waals surface area contributed by atoms with E-state index in [1.54, 1.807) is 11.0 Å². The van der Waals surface area contributed by atoms with Crippen LogP contribution in [0.15, 0.2) is 10.3 Å². The zero-order valence-corrected chi connectivity index (χ0v) is 20.9. The number of nitrogens with one attached hydrogen (secondary N) is 1. The molecule has 0 aromatic carbocycles. The smallest absolute Gasteiger partial charge is 0.340 e. The molecule has 2 aliphatic heterocycles. The number of amides is 1. The molecule has 2 aliphatic rings. The van der Waals surface area contributed by atoms with Crippen LogP contribution in [-0.2, 0) is 34.1 Å². The summed E-state index contributed by atoms with van der Waals surface area (Å²) in [4.78, 5) is 28.1. The van der Waals surface area contributed by atoms with E-state index in [9.17, 15) is 18.0 Å². The number of sulfonamides is 1. The van der Waals surface area contributed by atoms with Crippen LogP contribution in [0.25, 0.3) is 0 Å². The van der Waals surface area contributed by atoms with E-state index in [1.165, 1.54) is 11.4 Å². The van der Waals surface area contributed by atoms with Gasteiger partial charge in [-0.1, -0.05) is 20.3 Å². The summed E-state index contributed by atoms with van der Waals surface area (Å²) in [5, 5.41) is 7.10. The predicted octanol–water partition coefficient (Wildman–Crippen LogP) is 2.83. The molecule has 0 radical (unpaired) electrons. The number of rotatable bonds is 6. The zero-order chi connectivity index (χ0) is 23.8. The van der Waals surface area contributed by atoms with Crippen LogP contribution in [0.3, 0.4) is 0 Å². The standard InChI is InChI=1S/C22H30N4O5S2/c1-14(2)11-15-12-17(24-23-15)20(27)25-10-7-16-18(13-25)32-22(19(16)21(28)31-3)33(29,30)26-8-5-4-6-9-26/h12,14H,4-11,13H2,1-3H3,(H,23,24). The molecule has 2 aromatic rings. The quantitative estimate of drug-likeness (QED) is 0.618. The lowest BCUT2D eigenvalue weighted by Gasteiger charge is -2.26. The molecule has 4 rings (SSSR count). The number of aromatic nitrogens is 2. The first kappa shape index (κ1) is 23.9. The Morgan fingerprint density at radius 2 is 1.94 bits per heavy atom. The van der Waals surface area contributed by atoms with Gasteiger partial charge in [0.1, 0.15) is 9.90 Å². The number of nitrogens with zero attached hydrogens (tertiary/aromatic N) is 3. The van der Waals surface area contributed by atoms with Crippen LogP contribution >= 0.6 is 11.3 Å². The largest absolute Gasteiger partial charge is 0.465 e. The predicted molar refractivity (Wildman–Crippen MR) is 124 cm³/mol. The van der Waals surface area contributed by atoms with E-state index in [1.807, 2.05) is 0 Å². The van der Waals surface area contributed by atoms with Gasteiger partial charge in [0.2, 0.25) is 0 Å². The summed E-state index contributed by atoms with van der Waals surface area (Å²) in [6, 6.07) is 1.78. The van der Waals surface area contributed by atoms with Crippen LogP contribution < -0.4 is 0 Å². The van der Waals surface area contributed by atoms with E-state index in [-0.39, 0.29) is 22.2 Å². The van der Waals surface area contributed by atoms with Gasteiger partial charge in [-0.2, -0.15) is 9.40 Å². The van der Waals surface area contributed by atoms with Crippen LogP contribution in [0, 0.1) is 5.92 Å². The molecule has 2 aromatic heterocycles. The van der Waals surface area contributed by atoms with Gasteiger partial charge in [0, 0.05) is 30.2 Å². The van der Waals surface area contributed by atoms with Gasteiger partial charge in [0.25, 0.3) is 15.9 Å². The van der Waals surface area contributed by atoms with Crippen LogP contribution in [0.1, 0.15) is 70.1 Å². The Bertz CT molecular complexity index is 1150. The number of thiophene rings is 1. The Morgan fingerprint density at radius 1 is 1.21 bits per heavy atom. The number of aromatic amines is 1. The number of fused-ring (bicyclic) bond motifs is 1. The summed E-state index contributed by atoms with van der Waals surface area (Å²) >= 11 is 1.08. The molecule has 0 bridgehead atoms. The molecule has 0 unspecified atom stereocenters. The number of H-pyrrole nitrogens is 1. The van der Waals surface area contributed by atoms with Crippen molar-refractivity contribution in [1.82, 2.24) is 19.4 Å². The third-order valence-corrected chi connectivity index (χ3v) is 9.68. The maximum atomic E-state index is 13.4. The number of hydrogen-bond donors (Lipinski definition) is 1. The maximum absolute atomic E-state index is 13.4. The fourth-order valence-corrected chi connectivity index (χ4v) is 8.00. The number of ether oxygens (including phenoxy) is 1. The first-order chi connectivity index (χ1) is 15.7. The van der Waals surface area contributed by atoms with Crippen molar-refractivity contribution in [3.8, 4) is 0 Å². The second-order valence-corrected chi connectivity index (χ2v) is 12.2. The van der Waals surface area contributed by atoms with Crippen molar-refractivity contribution in [1.29, 1.82) is 0 Å². The molecule has 1 saturated heterocycles.